The molecule has 3 heterocycles. The van der Waals surface area contributed by atoms with Crippen molar-refractivity contribution in [2.45, 2.75) is 10.8 Å². The number of benzene rings is 1. The minimum Gasteiger partial charge on any atom is -0.493 e. The average Bonchev–Trinajstić information content (AvgIpc) is 3.40. The van der Waals surface area contributed by atoms with Gasteiger partial charge in [0.05, 0.1) is 27.1 Å². The molecule has 8 nitrogen and oxygen atoms in total. The zero-order chi connectivity index (χ0) is 19.5. The largest absolute Gasteiger partial charge is 0.493 e. The summed E-state index contributed by atoms with van der Waals surface area (Å²) in [6.07, 6.45) is 1.57. The van der Waals surface area contributed by atoms with E-state index in [1.807, 2.05) is 11.4 Å². The SMILES string of the molecule is COc1cc(-c2nnc(CSc3ncnc4sccc34)o2)cc(OC)c1OC. The highest BCUT2D eigenvalue weighted by Gasteiger charge is 2.18. The molecule has 0 radical (unpaired) electrons. The third kappa shape index (κ3) is 3.48. The molecule has 28 heavy (non-hydrogen) atoms. The van der Waals surface area contributed by atoms with Crippen molar-refractivity contribution in [1.82, 2.24) is 20.2 Å². The number of methoxy groups -OCH3 is 3. The van der Waals surface area contributed by atoms with Crippen molar-refractivity contribution >= 4 is 33.3 Å². The maximum atomic E-state index is 5.82. The normalized spacial score (nSPS) is 11.0. The van der Waals surface area contributed by atoms with E-state index < -0.39 is 0 Å². The van der Waals surface area contributed by atoms with E-state index >= 15 is 0 Å². The molecule has 4 aromatic rings. The number of rotatable bonds is 7. The molecular formula is C18H16N4O4S2. The van der Waals surface area contributed by atoms with Crippen LogP contribution in [0.25, 0.3) is 21.7 Å². The molecule has 0 unspecified atom stereocenters. The molecule has 1 aromatic carbocycles. The molecule has 0 amide bonds. The van der Waals surface area contributed by atoms with Gasteiger partial charge < -0.3 is 18.6 Å². The van der Waals surface area contributed by atoms with Crippen LogP contribution in [0.5, 0.6) is 17.2 Å². The van der Waals surface area contributed by atoms with Crippen LogP contribution in [0, 0.1) is 0 Å². The summed E-state index contributed by atoms with van der Waals surface area (Å²) in [6.45, 7) is 0. The van der Waals surface area contributed by atoms with Gasteiger partial charge in [-0.1, -0.05) is 11.8 Å². The summed E-state index contributed by atoms with van der Waals surface area (Å²) in [5.41, 5.74) is 0.681. The van der Waals surface area contributed by atoms with Gasteiger partial charge in [-0.2, -0.15) is 0 Å². The Morgan fingerprint density at radius 1 is 1.04 bits per heavy atom. The van der Waals surface area contributed by atoms with E-state index in [1.54, 1.807) is 51.1 Å². The minimum absolute atomic E-state index is 0.373. The average molecular weight is 416 g/mol. The first-order valence-electron chi connectivity index (χ1n) is 8.17. The monoisotopic (exact) mass is 416 g/mol. The van der Waals surface area contributed by atoms with E-state index in [0.29, 0.717) is 40.3 Å². The van der Waals surface area contributed by atoms with Crippen molar-refractivity contribution in [2.24, 2.45) is 0 Å². The Bertz CT molecular complexity index is 1090. The summed E-state index contributed by atoms with van der Waals surface area (Å²) in [5.74, 6) is 2.92. The Kier molecular flexibility index (Phi) is 5.31. The second-order valence-corrected chi connectivity index (χ2v) is 7.38. The minimum atomic E-state index is 0.373. The fraction of sp³-hybridized carbons (Fsp3) is 0.222. The lowest BCUT2D eigenvalue weighted by Gasteiger charge is -2.12. The summed E-state index contributed by atoms with van der Waals surface area (Å²) in [6, 6.07) is 5.55. The molecule has 4 rings (SSSR count). The van der Waals surface area contributed by atoms with Gasteiger partial charge in [-0.3, -0.25) is 0 Å². The summed E-state index contributed by atoms with van der Waals surface area (Å²) >= 11 is 3.11. The third-order valence-corrected chi connectivity index (χ3v) is 5.75. The number of ether oxygens (including phenoxy) is 3. The van der Waals surface area contributed by atoms with Crippen LogP contribution in [0.15, 0.2) is 39.3 Å². The Balaban J connectivity index is 1.57. The topological polar surface area (TPSA) is 92.4 Å². The second kappa shape index (κ2) is 8.03. The van der Waals surface area contributed by atoms with Crippen LogP contribution in [0.2, 0.25) is 0 Å². The number of nitrogens with zero attached hydrogens (tertiary/aromatic N) is 4. The molecule has 0 aliphatic rings. The third-order valence-electron chi connectivity index (χ3n) is 3.94. The Hall–Kier alpha value is -2.85. The second-order valence-electron chi connectivity index (χ2n) is 5.52. The van der Waals surface area contributed by atoms with Gasteiger partial charge in [0.2, 0.25) is 17.5 Å². The van der Waals surface area contributed by atoms with Crippen molar-refractivity contribution in [2.75, 3.05) is 21.3 Å². The van der Waals surface area contributed by atoms with E-state index in [1.165, 1.54) is 11.8 Å². The first kappa shape index (κ1) is 18.5. The number of hydrogen-bond donors (Lipinski definition) is 0. The highest BCUT2D eigenvalue weighted by Crippen LogP contribution is 2.41. The van der Waals surface area contributed by atoms with Gasteiger partial charge in [-0.25, -0.2) is 9.97 Å². The number of fused-ring (bicyclic) bond motifs is 1. The molecule has 0 aliphatic heterocycles. The molecule has 3 aromatic heterocycles. The fourth-order valence-electron chi connectivity index (χ4n) is 2.65. The van der Waals surface area contributed by atoms with E-state index in [9.17, 15) is 0 Å². The highest BCUT2D eigenvalue weighted by molar-refractivity contribution is 7.98. The van der Waals surface area contributed by atoms with Gasteiger partial charge in [0.15, 0.2) is 11.5 Å². The summed E-state index contributed by atoms with van der Waals surface area (Å²) < 4.78 is 21.9. The molecular weight excluding hydrogens is 400 g/mol. The summed E-state index contributed by atoms with van der Waals surface area (Å²) in [5, 5.41) is 12.2. The van der Waals surface area contributed by atoms with Gasteiger partial charge in [0.1, 0.15) is 16.2 Å². The Morgan fingerprint density at radius 2 is 1.82 bits per heavy atom. The number of hydrogen-bond acceptors (Lipinski definition) is 10. The molecule has 0 N–H and O–H groups in total. The Morgan fingerprint density at radius 3 is 2.54 bits per heavy atom. The van der Waals surface area contributed by atoms with Crippen LogP contribution in [0.3, 0.4) is 0 Å². The van der Waals surface area contributed by atoms with Crippen LogP contribution >= 0.6 is 23.1 Å². The maximum Gasteiger partial charge on any atom is 0.248 e. The van der Waals surface area contributed by atoms with Crippen molar-refractivity contribution in [1.29, 1.82) is 0 Å². The van der Waals surface area contributed by atoms with Crippen molar-refractivity contribution in [3.8, 4) is 28.7 Å². The first-order chi connectivity index (χ1) is 13.7. The number of thiophene rings is 1. The van der Waals surface area contributed by atoms with E-state index in [2.05, 4.69) is 20.2 Å². The molecule has 144 valence electrons. The van der Waals surface area contributed by atoms with E-state index in [-0.39, 0.29) is 0 Å². The highest BCUT2D eigenvalue weighted by atomic mass is 32.2. The molecule has 0 atom stereocenters. The molecule has 0 aliphatic carbocycles. The van der Waals surface area contributed by atoms with Crippen molar-refractivity contribution in [3.63, 3.8) is 0 Å². The zero-order valence-corrected chi connectivity index (χ0v) is 17.0. The van der Waals surface area contributed by atoms with Crippen LogP contribution in [0.1, 0.15) is 5.89 Å². The molecule has 0 saturated heterocycles. The van der Waals surface area contributed by atoms with Gasteiger partial charge >= 0.3 is 0 Å². The smallest absolute Gasteiger partial charge is 0.248 e. The van der Waals surface area contributed by atoms with E-state index in [4.69, 9.17) is 18.6 Å². The Labute approximate surface area is 168 Å². The maximum absolute atomic E-state index is 5.82. The van der Waals surface area contributed by atoms with Crippen LogP contribution in [-0.2, 0) is 5.75 Å². The van der Waals surface area contributed by atoms with Gasteiger partial charge in [0, 0.05) is 10.9 Å². The van der Waals surface area contributed by atoms with Gasteiger partial charge in [-0.15, -0.1) is 21.5 Å². The summed E-state index contributed by atoms with van der Waals surface area (Å²) in [4.78, 5) is 9.56. The van der Waals surface area contributed by atoms with Gasteiger partial charge in [0.25, 0.3) is 0 Å². The lowest BCUT2D eigenvalue weighted by Crippen LogP contribution is -1.95. The van der Waals surface area contributed by atoms with Crippen LogP contribution in [-0.4, -0.2) is 41.5 Å². The number of aromatic nitrogens is 4. The standard InChI is InChI=1S/C18H16N4O4S2/c1-23-12-6-10(7-13(24-2)15(12)25-3)16-22-21-14(26-16)8-28-18-11-4-5-27-17(11)19-9-20-18/h4-7,9H,8H2,1-3H3. The van der Waals surface area contributed by atoms with Crippen molar-refractivity contribution in [3.05, 3.63) is 35.8 Å². The van der Waals surface area contributed by atoms with Crippen LogP contribution in [0.4, 0.5) is 0 Å². The predicted octanol–water partition coefficient (Wildman–Crippen LogP) is 4.06. The lowest BCUT2D eigenvalue weighted by atomic mass is 10.2. The summed E-state index contributed by atoms with van der Waals surface area (Å²) in [7, 11) is 4.67. The fourth-order valence-corrected chi connectivity index (χ4v) is 4.26. The molecule has 0 saturated carbocycles. The van der Waals surface area contributed by atoms with Gasteiger partial charge in [-0.05, 0) is 23.6 Å². The number of thioether (sulfide) groups is 1. The predicted molar refractivity (Wildman–Crippen MR) is 106 cm³/mol. The molecule has 0 bridgehead atoms. The van der Waals surface area contributed by atoms with Crippen molar-refractivity contribution < 1.29 is 18.6 Å². The van der Waals surface area contributed by atoms with E-state index in [0.717, 1.165) is 15.2 Å². The molecule has 0 fully saturated rings. The molecule has 10 heteroatoms. The first-order valence-corrected chi connectivity index (χ1v) is 10.0. The zero-order valence-electron chi connectivity index (χ0n) is 15.3. The molecule has 0 spiro atoms. The quantitative estimate of drug-likeness (QED) is 0.326. The lowest BCUT2D eigenvalue weighted by molar-refractivity contribution is 0.324. The van der Waals surface area contributed by atoms with Crippen LogP contribution < -0.4 is 14.2 Å².